The SMILES string of the molecule is O=c1cc[nH]cc1CNCCCNC1CC1. The molecule has 0 radical (unpaired) electrons. The predicted molar refractivity (Wildman–Crippen MR) is 64.4 cm³/mol. The second-order valence-corrected chi connectivity index (χ2v) is 4.29. The number of aromatic nitrogens is 1. The van der Waals surface area contributed by atoms with Crippen molar-refractivity contribution in [2.75, 3.05) is 13.1 Å². The molecule has 4 nitrogen and oxygen atoms in total. The third kappa shape index (κ3) is 3.79. The third-order valence-electron chi connectivity index (χ3n) is 2.76. The van der Waals surface area contributed by atoms with Gasteiger partial charge in [-0.2, -0.15) is 0 Å². The van der Waals surface area contributed by atoms with Gasteiger partial charge in [-0.15, -0.1) is 0 Å². The van der Waals surface area contributed by atoms with Crippen molar-refractivity contribution >= 4 is 0 Å². The molecule has 1 aliphatic carbocycles. The number of hydrogen-bond acceptors (Lipinski definition) is 3. The third-order valence-corrected chi connectivity index (χ3v) is 2.76. The lowest BCUT2D eigenvalue weighted by Crippen LogP contribution is -2.24. The van der Waals surface area contributed by atoms with E-state index < -0.39 is 0 Å². The predicted octanol–water partition coefficient (Wildman–Crippen LogP) is 0.607. The van der Waals surface area contributed by atoms with Crippen LogP contribution in [0.25, 0.3) is 0 Å². The van der Waals surface area contributed by atoms with Gasteiger partial charge in [-0.1, -0.05) is 0 Å². The van der Waals surface area contributed by atoms with Gasteiger partial charge in [-0.05, 0) is 32.4 Å². The summed E-state index contributed by atoms with van der Waals surface area (Å²) in [6.07, 6.45) is 7.21. The summed E-state index contributed by atoms with van der Waals surface area (Å²) >= 11 is 0. The molecule has 2 rings (SSSR count). The van der Waals surface area contributed by atoms with E-state index in [9.17, 15) is 4.79 Å². The normalized spacial score (nSPS) is 15.2. The van der Waals surface area contributed by atoms with Crippen molar-refractivity contribution in [3.05, 3.63) is 34.2 Å². The second-order valence-electron chi connectivity index (χ2n) is 4.29. The van der Waals surface area contributed by atoms with Crippen LogP contribution >= 0.6 is 0 Å². The summed E-state index contributed by atoms with van der Waals surface area (Å²) in [5.41, 5.74) is 0.903. The molecule has 0 bridgehead atoms. The molecule has 0 aliphatic heterocycles. The zero-order chi connectivity index (χ0) is 11.2. The van der Waals surface area contributed by atoms with E-state index in [1.165, 1.54) is 12.8 Å². The fourth-order valence-electron chi connectivity index (χ4n) is 1.62. The lowest BCUT2D eigenvalue weighted by molar-refractivity contribution is 0.592. The van der Waals surface area contributed by atoms with Crippen molar-refractivity contribution in [2.24, 2.45) is 0 Å². The Bertz CT molecular complexity index is 371. The summed E-state index contributed by atoms with van der Waals surface area (Å²) in [7, 11) is 0. The Morgan fingerprint density at radius 3 is 3.00 bits per heavy atom. The van der Waals surface area contributed by atoms with Gasteiger partial charge in [0.2, 0.25) is 0 Å². The van der Waals surface area contributed by atoms with E-state index in [1.54, 1.807) is 18.5 Å². The van der Waals surface area contributed by atoms with E-state index in [4.69, 9.17) is 0 Å². The van der Waals surface area contributed by atoms with Crippen molar-refractivity contribution in [3.63, 3.8) is 0 Å². The van der Waals surface area contributed by atoms with Crippen molar-refractivity contribution in [2.45, 2.75) is 31.8 Å². The van der Waals surface area contributed by atoms with Gasteiger partial charge in [0.15, 0.2) is 5.43 Å². The summed E-state index contributed by atoms with van der Waals surface area (Å²) in [5.74, 6) is 0. The van der Waals surface area contributed by atoms with Crippen LogP contribution < -0.4 is 16.1 Å². The summed E-state index contributed by atoms with van der Waals surface area (Å²) in [6, 6.07) is 2.35. The maximum atomic E-state index is 11.4. The molecule has 0 aromatic carbocycles. The zero-order valence-electron chi connectivity index (χ0n) is 9.46. The Kier molecular flexibility index (Phi) is 4.13. The molecule has 1 aromatic heterocycles. The number of H-pyrrole nitrogens is 1. The minimum absolute atomic E-state index is 0.0994. The van der Waals surface area contributed by atoms with Crippen molar-refractivity contribution < 1.29 is 0 Å². The van der Waals surface area contributed by atoms with Gasteiger partial charge in [0.05, 0.1) is 0 Å². The summed E-state index contributed by atoms with van der Waals surface area (Å²) in [4.78, 5) is 14.3. The van der Waals surface area contributed by atoms with E-state index in [0.29, 0.717) is 6.54 Å². The summed E-state index contributed by atoms with van der Waals surface area (Å²) in [6.45, 7) is 2.68. The Morgan fingerprint density at radius 2 is 2.25 bits per heavy atom. The quantitative estimate of drug-likeness (QED) is 0.591. The number of hydrogen-bond donors (Lipinski definition) is 3. The highest BCUT2D eigenvalue weighted by atomic mass is 16.1. The highest BCUT2D eigenvalue weighted by molar-refractivity contribution is 5.08. The Labute approximate surface area is 95.5 Å². The number of rotatable bonds is 7. The van der Waals surface area contributed by atoms with Crippen molar-refractivity contribution in [1.29, 1.82) is 0 Å². The van der Waals surface area contributed by atoms with Gasteiger partial charge in [0.25, 0.3) is 0 Å². The highest BCUT2D eigenvalue weighted by Gasteiger charge is 2.19. The molecule has 3 N–H and O–H groups in total. The Morgan fingerprint density at radius 1 is 1.38 bits per heavy atom. The lowest BCUT2D eigenvalue weighted by atomic mass is 10.2. The number of aromatic amines is 1. The molecule has 16 heavy (non-hydrogen) atoms. The van der Waals surface area contributed by atoms with E-state index in [0.717, 1.165) is 31.1 Å². The van der Waals surface area contributed by atoms with Crippen molar-refractivity contribution in [1.82, 2.24) is 15.6 Å². The van der Waals surface area contributed by atoms with E-state index >= 15 is 0 Å². The second kappa shape index (κ2) is 5.82. The highest BCUT2D eigenvalue weighted by Crippen LogP contribution is 2.18. The maximum Gasteiger partial charge on any atom is 0.186 e. The molecule has 1 fully saturated rings. The molecule has 88 valence electrons. The average Bonchev–Trinajstić information content (AvgIpc) is 3.09. The summed E-state index contributed by atoms with van der Waals surface area (Å²) < 4.78 is 0. The first kappa shape index (κ1) is 11.4. The topological polar surface area (TPSA) is 56.9 Å². The number of pyridine rings is 1. The largest absolute Gasteiger partial charge is 0.367 e. The lowest BCUT2D eigenvalue weighted by Gasteiger charge is -2.05. The number of nitrogens with one attached hydrogen (secondary N) is 3. The van der Waals surface area contributed by atoms with Gasteiger partial charge in [-0.3, -0.25) is 4.79 Å². The molecule has 1 aliphatic rings. The van der Waals surface area contributed by atoms with Gasteiger partial charge >= 0.3 is 0 Å². The molecule has 0 saturated heterocycles. The van der Waals surface area contributed by atoms with Crippen LogP contribution in [0.1, 0.15) is 24.8 Å². The van der Waals surface area contributed by atoms with Crippen LogP contribution in [0.4, 0.5) is 0 Å². The van der Waals surface area contributed by atoms with Gasteiger partial charge in [-0.25, -0.2) is 0 Å². The van der Waals surface area contributed by atoms with Crippen LogP contribution in [0, 0.1) is 0 Å². The van der Waals surface area contributed by atoms with Crippen molar-refractivity contribution in [3.8, 4) is 0 Å². The van der Waals surface area contributed by atoms with Crippen LogP contribution in [-0.2, 0) is 6.54 Å². The molecule has 4 heteroatoms. The molecule has 1 aromatic rings. The molecule has 1 heterocycles. The molecular formula is C12H19N3O. The zero-order valence-corrected chi connectivity index (χ0v) is 9.46. The fourth-order valence-corrected chi connectivity index (χ4v) is 1.62. The average molecular weight is 221 g/mol. The van der Waals surface area contributed by atoms with Crippen LogP contribution in [0.5, 0.6) is 0 Å². The summed E-state index contributed by atoms with van der Waals surface area (Å²) in [5, 5.41) is 6.74. The fraction of sp³-hybridized carbons (Fsp3) is 0.583. The first-order chi connectivity index (χ1) is 7.86. The Hall–Kier alpha value is -1.13. The van der Waals surface area contributed by atoms with Crippen LogP contribution in [0.15, 0.2) is 23.3 Å². The minimum Gasteiger partial charge on any atom is -0.367 e. The first-order valence-electron chi connectivity index (χ1n) is 5.96. The first-order valence-corrected chi connectivity index (χ1v) is 5.96. The van der Waals surface area contributed by atoms with Crippen LogP contribution in [0.3, 0.4) is 0 Å². The van der Waals surface area contributed by atoms with E-state index in [1.807, 2.05) is 0 Å². The van der Waals surface area contributed by atoms with Crippen LogP contribution in [-0.4, -0.2) is 24.1 Å². The smallest absolute Gasteiger partial charge is 0.186 e. The monoisotopic (exact) mass is 221 g/mol. The standard InChI is InChI=1S/C12H19N3O/c16-12-4-7-14-9-10(12)8-13-5-1-6-15-11-2-3-11/h4,7,9,11,13,15H,1-3,5-6,8H2,(H,14,16). The van der Waals surface area contributed by atoms with E-state index in [-0.39, 0.29) is 5.43 Å². The molecule has 0 amide bonds. The molecule has 1 saturated carbocycles. The van der Waals surface area contributed by atoms with E-state index in [2.05, 4.69) is 15.6 Å². The molecule has 0 atom stereocenters. The molecule has 0 spiro atoms. The van der Waals surface area contributed by atoms with Crippen LogP contribution in [0.2, 0.25) is 0 Å². The van der Waals surface area contributed by atoms with Gasteiger partial charge in [0.1, 0.15) is 0 Å². The Balaban J connectivity index is 1.56. The maximum absolute atomic E-state index is 11.4. The van der Waals surface area contributed by atoms with Gasteiger partial charge < -0.3 is 15.6 Å². The molecule has 0 unspecified atom stereocenters. The minimum atomic E-state index is 0.0994. The van der Waals surface area contributed by atoms with Gasteiger partial charge in [0, 0.05) is 36.6 Å². The molecular weight excluding hydrogens is 202 g/mol.